The largest absolute Gasteiger partial charge is 0.400 e. The lowest BCUT2D eigenvalue weighted by Gasteiger charge is -2.27. The molecule has 1 unspecified atom stereocenters. The van der Waals surface area contributed by atoms with Crippen molar-refractivity contribution in [3.63, 3.8) is 0 Å². The molecule has 0 saturated carbocycles. The van der Waals surface area contributed by atoms with E-state index in [0.29, 0.717) is 28.7 Å². The molecular formula is C26H46N4O2. The van der Waals surface area contributed by atoms with E-state index in [1.807, 2.05) is 33.8 Å². The van der Waals surface area contributed by atoms with Crippen LogP contribution in [0.1, 0.15) is 73.3 Å². The summed E-state index contributed by atoms with van der Waals surface area (Å²) in [6, 6.07) is 5.37. The van der Waals surface area contributed by atoms with E-state index in [1.165, 1.54) is 17.4 Å². The lowest BCUT2D eigenvalue weighted by atomic mass is 9.80. The fourth-order valence-corrected chi connectivity index (χ4v) is 3.60. The third-order valence-corrected chi connectivity index (χ3v) is 4.85. The van der Waals surface area contributed by atoms with Crippen molar-refractivity contribution in [3.05, 3.63) is 46.1 Å². The van der Waals surface area contributed by atoms with Crippen LogP contribution in [-0.2, 0) is 4.74 Å². The van der Waals surface area contributed by atoms with Gasteiger partial charge in [0.2, 0.25) is 0 Å². The highest BCUT2D eigenvalue weighted by molar-refractivity contribution is 6.03. The van der Waals surface area contributed by atoms with E-state index in [9.17, 15) is 0 Å². The molecule has 6 heteroatoms. The first-order valence-corrected chi connectivity index (χ1v) is 11.4. The maximum Gasteiger partial charge on any atom is 0.131 e. The molecule has 1 aromatic carbocycles. The summed E-state index contributed by atoms with van der Waals surface area (Å²) in [4.78, 5) is 4.61. The van der Waals surface area contributed by atoms with Gasteiger partial charge < -0.3 is 26.7 Å². The second-order valence-corrected chi connectivity index (χ2v) is 7.15. The van der Waals surface area contributed by atoms with Gasteiger partial charge in [0.1, 0.15) is 5.84 Å². The number of benzene rings is 1. The highest BCUT2D eigenvalue weighted by Crippen LogP contribution is 2.35. The molecule has 32 heavy (non-hydrogen) atoms. The van der Waals surface area contributed by atoms with Crippen LogP contribution in [0.25, 0.3) is 0 Å². The number of aliphatic hydroxyl groups excluding tert-OH is 1. The molecule has 2 rings (SSSR count). The molecule has 6 nitrogen and oxygen atoms in total. The van der Waals surface area contributed by atoms with Crippen molar-refractivity contribution >= 4 is 23.4 Å². The van der Waals surface area contributed by atoms with Crippen LogP contribution in [0.4, 0.5) is 11.4 Å². The minimum absolute atomic E-state index is 0.519. The van der Waals surface area contributed by atoms with Gasteiger partial charge in [0.25, 0.3) is 0 Å². The van der Waals surface area contributed by atoms with Gasteiger partial charge in [0.05, 0.1) is 5.69 Å². The molecule has 6 N–H and O–H groups in total. The van der Waals surface area contributed by atoms with Crippen LogP contribution in [0.15, 0.2) is 45.5 Å². The minimum Gasteiger partial charge on any atom is -0.400 e. The lowest BCUT2D eigenvalue weighted by molar-refractivity contribution is 0.145. The van der Waals surface area contributed by atoms with Crippen LogP contribution in [0.2, 0.25) is 0 Å². The molecule has 0 heterocycles. The molecule has 0 bridgehead atoms. The maximum absolute atomic E-state index is 7.44. The van der Waals surface area contributed by atoms with Crippen molar-refractivity contribution in [1.82, 2.24) is 0 Å². The number of amidine groups is 1. The molecule has 1 aromatic rings. The minimum atomic E-state index is 0.519. The molecule has 182 valence electrons. The van der Waals surface area contributed by atoms with E-state index in [-0.39, 0.29) is 0 Å². The van der Waals surface area contributed by atoms with Crippen molar-refractivity contribution in [3.8, 4) is 0 Å². The zero-order valence-corrected chi connectivity index (χ0v) is 21.7. The lowest BCUT2D eigenvalue weighted by Crippen LogP contribution is -2.22. The van der Waals surface area contributed by atoms with Gasteiger partial charge >= 0.3 is 0 Å². The summed E-state index contributed by atoms with van der Waals surface area (Å²) in [6.45, 7) is 15.1. The summed E-state index contributed by atoms with van der Waals surface area (Å²) in [5, 5.41) is 14.4. The van der Waals surface area contributed by atoms with Gasteiger partial charge in [-0.1, -0.05) is 38.8 Å². The molecule has 0 fully saturated rings. The number of ether oxygens (including phenoxy) is 1. The SMILES string of the molecule is CC.CC.CO.COCC1CCC(C(C(N)=Nc2ccc(N)c(C=N)c2)=C(C)C)=C(C)C1. The number of hydrogen-bond donors (Lipinski definition) is 4. The number of methoxy groups -OCH3 is 1. The monoisotopic (exact) mass is 446 g/mol. The first-order valence-electron chi connectivity index (χ1n) is 11.4. The normalized spacial score (nSPS) is 15.2. The van der Waals surface area contributed by atoms with Gasteiger partial charge in [-0.15, -0.1) is 0 Å². The van der Waals surface area contributed by atoms with Crippen LogP contribution < -0.4 is 11.5 Å². The Kier molecular flexibility index (Phi) is 18.0. The van der Waals surface area contributed by atoms with Gasteiger partial charge in [-0.2, -0.15) is 0 Å². The second-order valence-electron chi connectivity index (χ2n) is 7.15. The Hall–Kier alpha value is -2.44. The van der Waals surface area contributed by atoms with Gasteiger partial charge in [-0.05, 0) is 69.7 Å². The Morgan fingerprint density at radius 2 is 1.81 bits per heavy atom. The zero-order chi connectivity index (χ0) is 25.3. The van der Waals surface area contributed by atoms with Gasteiger partial charge in [0, 0.05) is 43.9 Å². The van der Waals surface area contributed by atoms with Crippen LogP contribution in [0.5, 0.6) is 0 Å². The Morgan fingerprint density at radius 3 is 2.28 bits per heavy atom. The van der Waals surface area contributed by atoms with Crippen molar-refractivity contribution in [2.45, 2.75) is 67.7 Å². The number of anilines is 1. The van der Waals surface area contributed by atoms with Crippen LogP contribution in [0, 0.1) is 11.3 Å². The Balaban J connectivity index is 0. The molecule has 1 aliphatic carbocycles. The van der Waals surface area contributed by atoms with Gasteiger partial charge in [0.15, 0.2) is 0 Å². The zero-order valence-electron chi connectivity index (χ0n) is 21.7. The number of nitrogen functional groups attached to an aromatic ring is 1. The third-order valence-electron chi connectivity index (χ3n) is 4.85. The quantitative estimate of drug-likeness (QED) is 0.243. The summed E-state index contributed by atoms with van der Waals surface area (Å²) in [5.41, 5.74) is 19.1. The third kappa shape index (κ3) is 9.79. The van der Waals surface area contributed by atoms with E-state index in [4.69, 9.17) is 26.7 Å². The van der Waals surface area contributed by atoms with E-state index in [2.05, 4.69) is 25.8 Å². The topological polar surface area (TPSA) is 118 Å². The number of allylic oxidation sites excluding steroid dienone is 2. The summed E-state index contributed by atoms with van der Waals surface area (Å²) in [5.74, 6) is 1.10. The van der Waals surface area contributed by atoms with Crippen LogP contribution >= 0.6 is 0 Å². The van der Waals surface area contributed by atoms with Crippen molar-refractivity contribution < 1.29 is 9.84 Å². The van der Waals surface area contributed by atoms with Crippen molar-refractivity contribution in [1.29, 1.82) is 5.41 Å². The highest BCUT2D eigenvalue weighted by Gasteiger charge is 2.23. The average molecular weight is 447 g/mol. The molecule has 1 aliphatic rings. The molecule has 0 aromatic heterocycles. The standard InChI is InChI=1S/C21H30N4O.2C2H6.CH4O/c1-13(2)20(18-7-5-15(12-26-4)9-14(18)3)21(24)25-17-6-8-19(23)16(10-17)11-22;3*1-2/h6,8,10-11,15,22H,5,7,9,12,23H2,1-4H3,(H2,24,25);2*1-2H3;2H,1H3. The summed E-state index contributed by atoms with van der Waals surface area (Å²) >= 11 is 0. The Morgan fingerprint density at radius 1 is 1.22 bits per heavy atom. The number of nitrogens with zero attached hydrogens (tertiary/aromatic N) is 1. The van der Waals surface area contributed by atoms with Gasteiger partial charge in [-0.3, -0.25) is 0 Å². The summed E-state index contributed by atoms with van der Waals surface area (Å²) < 4.78 is 5.32. The average Bonchev–Trinajstić information content (AvgIpc) is 2.81. The molecule has 1 atom stereocenters. The Labute approximate surface area is 196 Å². The second kappa shape index (κ2) is 18.2. The number of nitrogens with one attached hydrogen (secondary N) is 1. The van der Waals surface area contributed by atoms with Crippen molar-refractivity contribution in [2.75, 3.05) is 26.6 Å². The molecule has 0 saturated heterocycles. The molecule has 0 amide bonds. The molecule has 0 spiro atoms. The number of nitrogens with two attached hydrogens (primary N) is 2. The fourth-order valence-electron chi connectivity index (χ4n) is 3.60. The van der Waals surface area contributed by atoms with E-state index in [0.717, 1.165) is 44.1 Å². The number of aliphatic imine (C=N–C) groups is 1. The first kappa shape index (κ1) is 31.7. The predicted octanol–water partition coefficient (Wildman–Crippen LogP) is 6.02. The fraction of sp³-hybridized carbons (Fsp3) is 0.538. The van der Waals surface area contributed by atoms with Crippen LogP contribution in [-0.4, -0.2) is 38.0 Å². The smallest absolute Gasteiger partial charge is 0.131 e. The van der Waals surface area contributed by atoms with E-state index < -0.39 is 0 Å². The van der Waals surface area contributed by atoms with E-state index >= 15 is 0 Å². The number of hydrogen-bond acceptors (Lipinski definition) is 5. The van der Waals surface area contributed by atoms with Crippen molar-refractivity contribution in [2.24, 2.45) is 16.6 Å². The Bertz CT molecular complexity index is 776. The van der Waals surface area contributed by atoms with E-state index in [1.54, 1.807) is 19.2 Å². The first-order chi connectivity index (χ1) is 15.4. The molecule has 0 radical (unpaired) electrons. The molecular weight excluding hydrogens is 400 g/mol. The number of aliphatic hydroxyl groups is 1. The maximum atomic E-state index is 7.44. The predicted molar refractivity (Wildman–Crippen MR) is 141 cm³/mol. The van der Waals surface area contributed by atoms with Crippen LogP contribution in [0.3, 0.4) is 0 Å². The number of rotatable bonds is 6. The molecule has 0 aliphatic heterocycles. The van der Waals surface area contributed by atoms with Gasteiger partial charge in [-0.25, -0.2) is 4.99 Å². The summed E-state index contributed by atoms with van der Waals surface area (Å²) in [7, 11) is 2.76. The highest BCUT2D eigenvalue weighted by atomic mass is 16.5. The summed E-state index contributed by atoms with van der Waals surface area (Å²) in [6.07, 6.45) is 4.36.